The lowest BCUT2D eigenvalue weighted by atomic mass is 10.0. The summed E-state index contributed by atoms with van der Waals surface area (Å²) in [6.45, 7) is 3.85. The normalized spacial score (nSPS) is 11.4. The molecular formula is C20H20NO+. The molecule has 1 aromatic heterocycles. The molecule has 1 heterocycles. The molecule has 0 unspecified atom stereocenters. The van der Waals surface area contributed by atoms with E-state index in [9.17, 15) is 5.11 Å². The second kappa shape index (κ2) is 5.64. The van der Waals surface area contributed by atoms with E-state index in [2.05, 4.69) is 60.2 Å². The average Bonchev–Trinajstić information content (AvgIpc) is 2.52. The standard InChI is InChI=1S/C20H19NO/c1-14-12-16(13-15(2)20(14)22)8-10-18-11-9-17-6-4-5-7-19(17)21(18)3/h4-13H,1-3H3/p+1. The maximum atomic E-state index is 9.85. The number of pyridine rings is 1. The predicted octanol–water partition coefficient (Wildman–Crippen LogP) is 4.16. The minimum absolute atomic E-state index is 0.383. The third-order valence-corrected chi connectivity index (χ3v) is 4.08. The van der Waals surface area contributed by atoms with Gasteiger partial charge < -0.3 is 5.11 Å². The van der Waals surface area contributed by atoms with E-state index in [-0.39, 0.29) is 0 Å². The van der Waals surface area contributed by atoms with Crippen molar-refractivity contribution < 1.29 is 9.67 Å². The van der Waals surface area contributed by atoms with Crippen molar-refractivity contribution in [1.29, 1.82) is 0 Å². The molecule has 0 radical (unpaired) electrons. The van der Waals surface area contributed by atoms with E-state index in [4.69, 9.17) is 0 Å². The Morgan fingerprint density at radius 3 is 2.32 bits per heavy atom. The summed E-state index contributed by atoms with van der Waals surface area (Å²) in [5, 5.41) is 11.1. The topological polar surface area (TPSA) is 24.1 Å². The van der Waals surface area contributed by atoms with E-state index in [1.807, 2.05) is 26.0 Å². The molecule has 22 heavy (non-hydrogen) atoms. The molecule has 0 aliphatic carbocycles. The Morgan fingerprint density at radius 1 is 0.909 bits per heavy atom. The Morgan fingerprint density at radius 2 is 1.59 bits per heavy atom. The maximum Gasteiger partial charge on any atom is 0.212 e. The van der Waals surface area contributed by atoms with E-state index in [0.717, 1.165) is 22.4 Å². The molecule has 3 rings (SSSR count). The number of para-hydroxylation sites is 1. The summed E-state index contributed by atoms with van der Waals surface area (Å²) in [7, 11) is 2.08. The highest BCUT2D eigenvalue weighted by Gasteiger charge is 2.08. The third kappa shape index (κ3) is 2.60. The zero-order chi connectivity index (χ0) is 15.7. The van der Waals surface area contributed by atoms with E-state index >= 15 is 0 Å². The molecule has 0 aliphatic heterocycles. The lowest BCUT2D eigenvalue weighted by Crippen LogP contribution is -2.32. The molecule has 2 nitrogen and oxygen atoms in total. The largest absolute Gasteiger partial charge is 0.507 e. The second-order valence-corrected chi connectivity index (χ2v) is 5.71. The fourth-order valence-electron chi connectivity index (χ4n) is 2.79. The monoisotopic (exact) mass is 290 g/mol. The summed E-state index contributed by atoms with van der Waals surface area (Å²) in [6, 6.07) is 16.6. The van der Waals surface area contributed by atoms with Crippen LogP contribution in [-0.2, 0) is 7.05 Å². The zero-order valence-corrected chi connectivity index (χ0v) is 13.2. The van der Waals surface area contributed by atoms with Crippen LogP contribution in [0.4, 0.5) is 0 Å². The van der Waals surface area contributed by atoms with Crippen LogP contribution in [0.1, 0.15) is 22.4 Å². The lowest BCUT2D eigenvalue weighted by molar-refractivity contribution is -0.646. The quantitative estimate of drug-likeness (QED) is 0.704. The Hall–Kier alpha value is -2.61. The number of aryl methyl sites for hydroxylation is 3. The number of aromatic nitrogens is 1. The minimum Gasteiger partial charge on any atom is -0.507 e. The maximum absolute atomic E-state index is 9.85. The molecule has 110 valence electrons. The molecule has 0 spiro atoms. The van der Waals surface area contributed by atoms with Gasteiger partial charge in [-0.15, -0.1) is 0 Å². The molecule has 0 fully saturated rings. The predicted molar refractivity (Wildman–Crippen MR) is 91.6 cm³/mol. The Kier molecular flexibility index (Phi) is 3.68. The molecule has 0 bridgehead atoms. The lowest BCUT2D eigenvalue weighted by Gasteiger charge is -2.04. The molecule has 1 N–H and O–H groups in total. The molecule has 0 saturated carbocycles. The van der Waals surface area contributed by atoms with Gasteiger partial charge in [0.15, 0.2) is 0 Å². The molecule has 2 aromatic carbocycles. The fraction of sp³-hybridized carbons (Fsp3) is 0.150. The second-order valence-electron chi connectivity index (χ2n) is 5.71. The van der Waals surface area contributed by atoms with Crippen molar-refractivity contribution >= 4 is 23.1 Å². The van der Waals surface area contributed by atoms with Gasteiger partial charge in [0.1, 0.15) is 12.8 Å². The van der Waals surface area contributed by atoms with Crippen molar-refractivity contribution in [2.45, 2.75) is 13.8 Å². The van der Waals surface area contributed by atoms with Gasteiger partial charge in [-0.05, 0) is 60.9 Å². The van der Waals surface area contributed by atoms with Gasteiger partial charge in [0.25, 0.3) is 0 Å². The summed E-state index contributed by atoms with van der Waals surface area (Å²) in [4.78, 5) is 0. The van der Waals surface area contributed by atoms with Crippen molar-refractivity contribution in [1.82, 2.24) is 0 Å². The number of hydrogen-bond acceptors (Lipinski definition) is 1. The van der Waals surface area contributed by atoms with Gasteiger partial charge in [0.05, 0.1) is 0 Å². The van der Waals surface area contributed by atoms with Crippen molar-refractivity contribution in [3.63, 3.8) is 0 Å². The van der Waals surface area contributed by atoms with Crippen LogP contribution in [0.3, 0.4) is 0 Å². The van der Waals surface area contributed by atoms with Gasteiger partial charge in [0.2, 0.25) is 11.2 Å². The van der Waals surface area contributed by atoms with E-state index in [1.54, 1.807) is 0 Å². The highest BCUT2D eigenvalue weighted by Crippen LogP contribution is 2.23. The molecular weight excluding hydrogens is 270 g/mol. The fourth-order valence-corrected chi connectivity index (χ4v) is 2.79. The van der Waals surface area contributed by atoms with Crippen LogP contribution in [0.15, 0.2) is 48.5 Å². The highest BCUT2D eigenvalue weighted by atomic mass is 16.3. The highest BCUT2D eigenvalue weighted by molar-refractivity contribution is 5.77. The Balaban J connectivity index is 2.01. The van der Waals surface area contributed by atoms with Crippen LogP contribution >= 0.6 is 0 Å². The third-order valence-electron chi connectivity index (χ3n) is 4.08. The summed E-state index contributed by atoms with van der Waals surface area (Å²) < 4.78 is 2.19. The number of fused-ring (bicyclic) bond motifs is 1. The first-order chi connectivity index (χ1) is 10.6. The summed E-state index contributed by atoms with van der Waals surface area (Å²) in [5.74, 6) is 0.383. The molecule has 3 aromatic rings. The van der Waals surface area contributed by atoms with E-state index in [1.165, 1.54) is 10.9 Å². The molecule has 2 heteroatoms. The number of benzene rings is 2. The van der Waals surface area contributed by atoms with Crippen LogP contribution in [0.25, 0.3) is 23.1 Å². The number of phenolic OH excluding ortho intramolecular Hbond substituents is 1. The summed E-state index contributed by atoms with van der Waals surface area (Å²) in [6.07, 6.45) is 4.20. The van der Waals surface area contributed by atoms with Crippen molar-refractivity contribution in [3.8, 4) is 5.75 Å². The van der Waals surface area contributed by atoms with Gasteiger partial charge in [-0.3, -0.25) is 0 Å². The number of hydrogen-bond donors (Lipinski definition) is 1. The van der Waals surface area contributed by atoms with Crippen LogP contribution in [0.2, 0.25) is 0 Å². The first-order valence-electron chi connectivity index (χ1n) is 7.42. The summed E-state index contributed by atoms with van der Waals surface area (Å²) >= 11 is 0. The van der Waals surface area contributed by atoms with Crippen molar-refractivity contribution in [2.24, 2.45) is 7.05 Å². The van der Waals surface area contributed by atoms with Gasteiger partial charge >= 0.3 is 0 Å². The Bertz CT molecular complexity index is 855. The smallest absolute Gasteiger partial charge is 0.212 e. The van der Waals surface area contributed by atoms with Crippen LogP contribution < -0.4 is 4.57 Å². The van der Waals surface area contributed by atoms with Crippen LogP contribution in [-0.4, -0.2) is 5.11 Å². The van der Waals surface area contributed by atoms with E-state index < -0.39 is 0 Å². The molecule has 0 amide bonds. The summed E-state index contributed by atoms with van der Waals surface area (Å²) in [5.41, 5.74) is 5.26. The number of phenols is 1. The van der Waals surface area contributed by atoms with Gasteiger partial charge in [0, 0.05) is 23.6 Å². The molecule has 0 atom stereocenters. The van der Waals surface area contributed by atoms with Crippen LogP contribution in [0.5, 0.6) is 5.75 Å². The van der Waals surface area contributed by atoms with Gasteiger partial charge in [-0.1, -0.05) is 12.1 Å². The van der Waals surface area contributed by atoms with Crippen molar-refractivity contribution in [3.05, 3.63) is 70.9 Å². The van der Waals surface area contributed by atoms with E-state index in [0.29, 0.717) is 5.75 Å². The zero-order valence-electron chi connectivity index (χ0n) is 13.2. The van der Waals surface area contributed by atoms with Gasteiger partial charge in [-0.25, -0.2) is 0 Å². The Labute approximate surface area is 131 Å². The number of nitrogens with zero attached hydrogens (tertiary/aromatic N) is 1. The van der Waals surface area contributed by atoms with Gasteiger partial charge in [-0.2, -0.15) is 4.57 Å². The average molecular weight is 290 g/mol. The number of aromatic hydroxyl groups is 1. The molecule has 0 saturated heterocycles. The first-order valence-corrected chi connectivity index (χ1v) is 7.42. The number of rotatable bonds is 2. The first kappa shape index (κ1) is 14.3. The minimum atomic E-state index is 0.383. The molecule has 0 aliphatic rings. The SMILES string of the molecule is Cc1cc(C=Cc2ccc3ccccc3[n+]2C)cc(C)c1O. The van der Waals surface area contributed by atoms with Crippen LogP contribution in [0, 0.1) is 13.8 Å². The van der Waals surface area contributed by atoms with Crippen molar-refractivity contribution in [2.75, 3.05) is 0 Å².